The molecule has 0 bridgehead atoms. The van der Waals surface area contributed by atoms with Crippen LogP contribution in [0.25, 0.3) is 0 Å². The summed E-state index contributed by atoms with van der Waals surface area (Å²) in [5.41, 5.74) is 1.08. The number of halogens is 1. The second-order valence-electron chi connectivity index (χ2n) is 8.63. The van der Waals surface area contributed by atoms with Gasteiger partial charge in [-0.15, -0.1) is 0 Å². The van der Waals surface area contributed by atoms with E-state index in [1.807, 2.05) is 30.9 Å². The monoisotopic (exact) mass is 432 g/mol. The van der Waals surface area contributed by atoms with Gasteiger partial charge in [0.15, 0.2) is 5.96 Å². The van der Waals surface area contributed by atoms with E-state index in [0.29, 0.717) is 0 Å². The Morgan fingerprint density at radius 3 is 2.52 bits per heavy atom. The molecule has 31 heavy (non-hydrogen) atoms. The number of carbonyl (C=O) groups excluding carboxylic acids is 1. The van der Waals surface area contributed by atoms with Crippen LogP contribution in [0.15, 0.2) is 29.3 Å². The van der Waals surface area contributed by atoms with Crippen molar-refractivity contribution >= 4 is 17.6 Å². The third-order valence-electron chi connectivity index (χ3n) is 5.93. The number of benzene rings is 1. The Balaban J connectivity index is 1.42. The van der Waals surface area contributed by atoms with Crippen molar-refractivity contribution in [2.24, 2.45) is 10.9 Å². The molecule has 0 saturated carbocycles. The van der Waals surface area contributed by atoms with Gasteiger partial charge < -0.3 is 20.4 Å². The fourth-order valence-electron chi connectivity index (χ4n) is 4.14. The van der Waals surface area contributed by atoms with Crippen LogP contribution in [0, 0.1) is 11.7 Å². The third-order valence-corrected chi connectivity index (χ3v) is 5.93. The van der Waals surface area contributed by atoms with E-state index in [1.165, 1.54) is 12.1 Å². The normalized spacial score (nSPS) is 20.4. The lowest BCUT2D eigenvalue weighted by atomic mass is 10.2. The van der Waals surface area contributed by atoms with Gasteiger partial charge in [0.1, 0.15) is 5.82 Å². The van der Waals surface area contributed by atoms with E-state index in [9.17, 15) is 9.18 Å². The van der Waals surface area contributed by atoms with Gasteiger partial charge in [0, 0.05) is 70.0 Å². The number of likely N-dealkylation sites (tertiary alicyclic amines) is 1. The second kappa shape index (κ2) is 11.3. The van der Waals surface area contributed by atoms with Crippen LogP contribution >= 0.6 is 0 Å². The number of piperazine rings is 1. The largest absolute Gasteiger partial charge is 0.369 e. The summed E-state index contributed by atoms with van der Waals surface area (Å²) in [7, 11) is 0. The van der Waals surface area contributed by atoms with Gasteiger partial charge in [0.25, 0.3) is 0 Å². The van der Waals surface area contributed by atoms with Gasteiger partial charge in [-0.05, 0) is 37.6 Å². The van der Waals surface area contributed by atoms with E-state index < -0.39 is 0 Å². The van der Waals surface area contributed by atoms with Crippen LogP contribution < -0.4 is 15.5 Å². The van der Waals surface area contributed by atoms with Gasteiger partial charge in [0.2, 0.25) is 5.91 Å². The standard InChI is InChI=1S/C23H37FN6O/c1-4-25-23(27-20-9-11-30(17-20)22(31)18(2)3)26-10-12-28-13-15-29(16-14-28)21-7-5-19(24)6-8-21/h5-8,18,20H,4,9-17H2,1-3H3,(H2,25,26,27). The summed E-state index contributed by atoms with van der Waals surface area (Å²) in [5, 5.41) is 6.82. The highest BCUT2D eigenvalue weighted by Gasteiger charge is 2.28. The van der Waals surface area contributed by atoms with Gasteiger partial charge in [0.05, 0.1) is 6.54 Å². The van der Waals surface area contributed by atoms with Gasteiger partial charge in [-0.2, -0.15) is 0 Å². The van der Waals surface area contributed by atoms with Crippen molar-refractivity contribution in [2.45, 2.75) is 33.2 Å². The summed E-state index contributed by atoms with van der Waals surface area (Å²) < 4.78 is 13.1. The van der Waals surface area contributed by atoms with Crippen LogP contribution in [0.1, 0.15) is 27.2 Å². The summed E-state index contributed by atoms with van der Waals surface area (Å²) >= 11 is 0. The number of anilines is 1. The molecule has 7 nitrogen and oxygen atoms in total. The Labute approximate surface area is 185 Å². The molecule has 2 aliphatic heterocycles. The smallest absolute Gasteiger partial charge is 0.225 e. The molecular weight excluding hydrogens is 395 g/mol. The van der Waals surface area contributed by atoms with Crippen LogP contribution in [0.2, 0.25) is 0 Å². The SMILES string of the molecule is CCNC(=NCCN1CCN(c2ccc(F)cc2)CC1)NC1CCN(C(=O)C(C)C)C1. The molecule has 2 saturated heterocycles. The van der Waals surface area contributed by atoms with E-state index in [-0.39, 0.29) is 23.7 Å². The maximum Gasteiger partial charge on any atom is 0.225 e. The summed E-state index contributed by atoms with van der Waals surface area (Å²) in [5.74, 6) is 0.911. The maximum atomic E-state index is 13.1. The molecule has 0 aromatic heterocycles. The molecule has 3 rings (SSSR count). The molecule has 2 aliphatic rings. The zero-order valence-corrected chi connectivity index (χ0v) is 19.1. The second-order valence-corrected chi connectivity index (χ2v) is 8.63. The van der Waals surface area contributed by atoms with E-state index in [2.05, 4.69) is 27.4 Å². The lowest BCUT2D eigenvalue weighted by molar-refractivity contribution is -0.133. The molecule has 2 N–H and O–H groups in total. The number of rotatable bonds is 7. The number of hydrogen-bond acceptors (Lipinski definition) is 4. The highest BCUT2D eigenvalue weighted by molar-refractivity contribution is 5.81. The van der Waals surface area contributed by atoms with Crippen molar-refractivity contribution in [3.8, 4) is 0 Å². The van der Waals surface area contributed by atoms with Crippen molar-refractivity contribution in [3.63, 3.8) is 0 Å². The maximum absolute atomic E-state index is 13.1. The molecule has 2 fully saturated rings. The van der Waals surface area contributed by atoms with Gasteiger partial charge >= 0.3 is 0 Å². The summed E-state index contributed by atoms with van der Waals surface area (Å²) in [6, 6.07) is 6.99. The molecule has 1 aromatic rings. The van der Waals surface area contributed by atoms with E-state index in [4.69, 9.17) is 4.99 Å². The van der Waals surface area contributed by atoms with Crippen LogP contribution in [-0.4, -0.2) is 86.6 Å². The Hall–Kier alpha value is -2.35. The zero-order chi connectivity index (χ0) is 22.2. The van der Waals surface area contributed by atoms with Crippen molar-refractivity contribution < 1.29 is 9.18 Å². The average molecular weight is 433 g/mol. The van der Waals surface area contributed by atoms with Crippen molar-refractivity contribution in [1.82, 2.24) is 20.4 Å². The minimum absolute atomic E-state index is 0.0455. The number of hydrogen-bond donors (Lipinski definition) is 2. The van der Waals surface area contributed by atoms with Crippen LogP contribution in [0.3, 0.4) is 0 Å². The molecule has 0 aliphatic carbocycles. The van der Waals surface area contributed by atoms with Gasteiger partial charge in [-0.25, -0.2) is 4.39 Å². The average Bonchev–Trinajstić information content (AvgIpc) is 3.23. The van der Waals surface area contributed by atoms with Crippen molar-refractivity contribution in [2.75, 3.05) is 63.8 Å². The number of nitrogens with zero attached hydrogens (tertiary/aromatic N) is 4. The molecule has 1 unspecified atom stereocenters. The molecule has 2 heterocycles. The number of guanidine groups is 1. The number of amides is 1. The van der Waals surface area contributed by atoms with Gasteiger partial charge in [-0.3, -0.25) is 14.7 Å². The van der Waals surface area contributed by atoms with E-state index in [0.717, 1.165) is 77.0 Å². The van der Waals surface area contributed by atoms with Gasteiger partial charge in [-0.1, -0.05) is 13.8 Å². The topological polar surface area (TPSA) is 63.2 Å². The van der Waals surface area contributed by atoms with Crippen LogP contribution in [0.4, 0.5) is 10.1 Å². The van der Waals surface area contributed by atoms with E-state index in [1.54, 1.807) is 0 Å². The molecule has 1 amide bonds. The fourth-order valence-corrected chi connectivity index (χ4v) is 4.14. The highest BCUT2D eigenvalue weighted by atomic mass is 19.1. The first-order chi connectivity index (χ1) is 15.0. The number of carbonyl (C=O) groups is 1. The quantitative estimate of drug-likeness (QED) is 0.508. The molecule has 1 aromatic carbocycles. The molecule has 172 valence electrons. The number of nitrogens with one attached hydrogen (secondary N) is 2. The predicted molar refractivity (Wildman–Crippen MR) is 124 cm³/mol. The zero-order valence-electron chi connectivity index (χ0n) is 19.1. The van der Waals surface area contributed by atoms with Crippen molar-refractivity contribution in [1.29, 1.82) is 0 Å². The first-order valence-electron chi connectivity index (χ1n) is 11.5. The molecule has 1 atom stereocenters. The van der Waals surface area contributed by atoms with Crippen LogP contribution in [0.5, 0.6) is 0 Å². The molecule has 0 radical (unpaired) electrons. The molecule has 8 heteroatoms. The Bertz CT molecular complexity index is 730. The highest BCUT2D eigenvalue weighted by Crippen LogP contribution is 2.17. The van der Waals surface area contributed by atoms with Crippen molar-refractivity contribution in [3.05, 3.63) is 30.1 Å². The third kappa shape index (κ3) is 6.82. The Morgan fingerprint density at radius 2 is 1.87 bits per heavy atom. The molecule has 0 spiro atoms. The summed E-state index contributed by atoms with van der Waals surface area (Å²) in [6.45, 7) is 13.8. The fraction of sp³-hybridized carbons (Fsp3) is 0.652. The Morgan fingerprint density at radius 1 is 1.16 bits per heavy atom. The Kier molecular flexibility index (Phi) is 8.51. The minimum atomic E-state index is -0.192. The first-order valence-corrected chi connectivity index (χ1v) is 11.5. The summed E-state index contributed by atoms with van der Waals surface area (Å²) in [6.07, 6.45) is 0.953. The lowest BCUT2D eigenvalue weighted by Gasteiger charge is -2.35. The summed E-state index contributed by atoms with van der Waals surface area (Å²) in [4.78, 5) is 23.6. The lowest BCUT2D eigenvalue weighted by Crippen LogP contribution is -2.48. The minimum Gasteiger partial charge on any atom is -0.369 e. The van der Waals surface area contributed by atoms with Crippen LogP contribution in [-0.2, 0) is 4.79 Å². The van der Waals surface area contributed by atoms with E-state index >= 15 is 0 Å². The first kappa shape index (κ1) is 23.3. The molecular formula is C23H37FN6O. The predicted octanol–water partition coefficient (Wildman–Crippen LogP) is 1.76. The number of aliphatic imine (C=N–C) groups is 1.